The number of ether oxygens (including phenoxy) is 2. The van der Waals surface area contributed by atoms with E-state index in [4.69, 9.17) is 9.47 Å². The average Bonchev–Trinajstić information content (AvgIpc) is 3.36. The standard InChI is InChI=1S/C20H21N3O2S/c1-24-17-10-5-7-15(13-17)19-21-22-20(26-14-18-11-6-12-25-18)23(19)16-8-3-2-4-9-16/h2-5,7-10,13,18H,6,11-12,14H2,1H3. The highest BCUT2D eigenvalue weighted by Gasteiger charge is 2.20. The van der Waals surface area contributed by atoms with Crippen molar-refractivity contribution in [3.63, 3.8) is 0 Å². The number of hydrogen-bond acceptors (Lipinski definition) is 5. The summed E-state index contributed by atoms with van der Waals surface area (Å²) in [6.07, 6.45) is 2.57. The summed E-state index contributed by atoms with van der Waals surface area (Å²) in [7, 11) is 1.67. The molecule has 1 atom stereocenters. The molecular weight excluding hydrogens is 346 g/mol. The van der Waals surface area contributed by atoms with E-state index in [1.54, 1.807) is 18.9 Å². The van der Waals surface area contributed by atoms with Crippen LogP contribution in [0, 0.1) is 0 Å². The normalized spacial score (nSPS) is 16.7. The molecule has 1 aliphatic rings. The molecule has 134 valence electrons. The third-order valence-electron chi connectivity index (χ3n) is 4.40. The first kappa shape index (κ1) is 17.1. The van der Waals surface area contributed by atoms with Gasteiger partial charge in [0.25, 0.3) is 0 Å². The van der Waals surface area contributed by atoms with Gasteiger partial charge in [0, 0.05) is 23.6 Å². The van der Waals surface area contributed by atoms with Gasteiger partial charge in [-0.2, -0.15) is 0 Å². The highest BCUT2D eigenvalue weighted by molar-refractivity contribution is 7.99. The van der Waals surface area contributed by atoms with Crippen molar-refractivity contribution in [2.24, 2.45) is 0 Å². The predicted octanol–water partition coefficient (Wildman–Crippen LogP) is 4.21. The molecule has 6 heteroatoms. The Hall–Kier alpha value is -2.31. The van der Waals surface area contributed by atoms with Crippen LogP contribution < -0.4 is 4.74 Å². The van der Waals surface area contributed by atoms with Gasteiger partial charge >= 0.3 is 0 Å². The number of benzene rings is 2. The Kier molecular flexibility index (Phi) is 5.22. The van der Waals surface area contributed by atoms with E-state index in [-0.39, 0.29) is 0 Å². The van der Waals surface area contributed by atoms with Gasteiger partial charge in [-0.15, -0.1) is 10.2 Å². The molecule has 2 heterocycles. The number of hydrogen-bond donors (Lipinski definition) is 0. The van der Waals surface area contributed by atoms with Gasteiger partial charge in [0.2, 0.25) is 0 Å². The number of methoxy groups -OCH3 is 1. The van der Waals surface area contributed by atoms with E-state index in [1.165, 1.54) is 0 Å². The van der Waals surface area contributed by atoms with Crippen molar-refractivity contribution >= 4 is 11.8 Å². The number of aromatic nitrogens is 3. The minimum atomic E-state index is 0.307. The van der Waals surface area contributed by atoms with Crippen LogP contribution in [0.1, 0.15) is 12.8 Å². The van der Waals surface area contributed by atoms with Crippen LogP contribution in [0.5, 0.6) is 5.75 Å². The van der Waals surface area contributed by atoms with Gasteiger partial charge in [-0.3, -0.25) is 4.57 Å². The van der Waals surface area contributed by atoms with Gasteiger partial charge in [-0.05, 0) is 37.1 Å². The summed E-state index contributed by atoms with van der Waals surface area (Å²) in [6.45, 7) is 0.867. The highest BCUT2D eigenvalue weighted by atomic mass is 32.2. The van der Waals surface area contributed by atoms with Gasteiger partial charge in [0.05, 0.1) is 13.2 Å². The van der Waals surface area contributed by atoms with Crippen molar-refractivity contribution in [3.8, 4) is 22.8 Å². The van der Waals surface area contributed by atoms with Gasteiger partial charge in [0.15, 0.2) is 11.0 Å². The minimum Gasteiger partial charge on any atom is -0.497 e. The zero-order valence-corrected chi connectivity index (χ0v) is 15.5. The van der Waals surface area contributed by atoms with Crippen LogP contribution in [-0.4, -0.2) is 40.3 Å². The molecule has 0 radical (unpaired) electrons. The summed E-state index contributed by atoms with van der Waals surface area (Å²) in [5, 5.41) is 9.82. The molecular formula is C20H21N3O2S. The SMILES string of the molecule is COc1cccc(-c2nnc(SCC3CCCO3)n2-c2ccccc2)c1. The summed E-state index contributed by atoms with van der Waals surface area (Å²) >= 11 is 1.70. The maximum Gasteiger partial charge on any atom is 0.196 e. The lowest BCUT2D eigenvalue weighted by Crippen LogP contribution is -2.09. The summed E-state index contributed by atoms with van der Waals surface area (Å²) in [5.74, 6) is 2.51. The molecule has 0 amide bonds. The second kappa shape index (κ2) is 7.93. The van der Waals surface area contributed by atoms with E-state index in [0.29, 0.717) is 6.10 Å². The van der Waals surface area contributed by atoms with Crippen LogP contribution >= 0.6 is 11.8 Å². The van der Waals surface area contributed by atoms with Crippen molar-refractivity contribution in [3.05, 3.63) is 54.6 Å². The quantitative estimate of drug-likeness (QED) is 0.611. The Balaban J connectivity index is 1.71. The fourth-order valence-corrected chi connectivity index (χ4v) is 4.08. The van der Waals surface area contributed by atoms with Gasteiger partial charge in [-0.25, -0.2) is 0 Å². The van der Waals surface area contributed by atoms with Crippen LogP contribution in [0.2, 0.25) is 0 Å². The van der Waals surface area contributed by atoms with Crippen molar-refractivity contribution in [2.75, 3.05) is 19.5 Å². The molecule has 26 heavy (non-hydrogen) atoms. The minimum absolute atomic E-state index is 0.307. The van der Waals surface area contributed by atoms with Gasteiger partial charge in [0.1, 0.15) is 5.75 Å². The van der Waals surface area contributed by atoms with Crippen molar-refractivity contribution in [1.29, 1.82) is 0 Å². The molecule has 0 bridgehead atoms. The zero-order chi connectivity index (χ0) is 17.8. The monoisotopic (exact) mass is 367 g/mol. The zero-order valence-electron chi connectivity index (χ0n) is 14.7. The van der Waals surface area contributed by atoms with Crippen LogP contribution in [0.15, 0.2) is 59.8 Å². The molecule has 1 fully saturated rings. The van der Waals surface area contributed by atoms with Crippen LogP contribution in [0.25, 0.3) is 17.1 Å². The molecule has 0 N–H and O–H groups in total. The second-order valence-electron chi connectivity index (χ2n) is 6.16. The van der Waals surface area contributed by atoms with Gasteiger partial charge in [-0.1, -0.05) is 42.1 Å². The summed E-state index contributed by atoms with van der Waals surface area (Å²) in [6, 6.07) is 18.1. The van der Waals surface area contributed by atoms with E-state index in [9.17, 15) is 0 Å². The molecule has 3 aromatic rings. The fraction of sp³-hybridized carbons (Fsp3) is 0.300. The van der Waals surface area contributed by atoms with E-state index < -0.39 is 0 Å². The molecule has 4 rings (SSSR count). The molecule has 2 aromatic carbocycles. The Morgan fingerprint density at radius 2 is 2.04 bits per heavy atom. The Labute approximate surface area is 157 Å². The second-order valence-corrected chi connectivity index (χ2v) is 7.14. The maximum atomic E-state index is 5.75. The third-order valence-corrected chi connectivity index (χ3v) is 5.46. The summed E-state index contributed by atoms with van der Waals surface area (Å²) in [5.41, 5.74) is 2.02. The highest BCUT2D eigenvalue weighted by Crippen LogP contribution is 2.31. The Morgan fingerprint density at radius 1 is 1.15 bits per heavy atom. The van der Waals surface area contributed by atoms with Crippen LogP contribution in [0.4, 0.5) is 0 Å². The van der Waals surface area contributed by atoms with Crippen LogP contribution in [0.3, 0.4) is 0 Å². The number of thioether (sulfide) groups is 1. The molecule has 1 aromatic heterocycles. The lowest BCUT2D eigenvalue weighted by Gasteiger charge is -2.12. The van der Waals surface area contributed by atoms with Crippen molar-refractivity contribution in [1.82, 2.24) is 14.8 Å². The van der Waals surface area contributed by atoms with Crippen molar-refractivity contribution in [2.45, 2.75) is 24.1 Å². The number of nitrogens with zero attached hydrogens (tertiary/aromatic N) is 3. The third kappa shape index (κ3) is 3.61. The molecule has 1 aliphatic heterocycles. The average molecular weight is 367 g/mol. The molecule has 5 nitrogen and oxygen atoms in total. The smallest absolute Gasteiger partial charge is 0.196 e. The largest absolute Gasteiger partial charge is 0.497 e. The summed E-state index contributed by atoms with van der Waals surface area (Å²) in [4.78, 5) is 0. The van der Waals surface area contributed by atoms with E-state index >= 15 is 0 Å². The topological polar surface area (TPSA) is 49.2 Å². The molecule has 0 saturated carbocycles. The molecule has 1 saturated heterocycles. The lowest BCUT2D eigenvalue weighted by atomic mass is 10.2. The van der Waals surface area contributed by atoms with Gasteiger partial charge < -0.3 is 9.47 Å². The maximum absolute atomic E-state index is 5.75. The summed E-state index contributed by atoms with van der Waals surface area (Å²) < 4.78 is 13.2. The van der Waals surface area contributed by atoms with E-state index in [1.807, 2.05) is 42.5 Å². The van der Waals surface area contributed by atoms with Crippen LogP contribution in [-0.2, 0) is 4.74 Å². The first-order valence-corrected chi connectivity index (χ1v) is 9.73. The predicted molar refractivity (Wildman–Crippen MR) is 103 cm³/mol. The fourth-order valence-electron chi connectivity index (χ4n) is 3.07. The molecule has 0 aliphatic carbocycles. The molecule has 1 unspecified atom stereocenters. The first-order valence-electron chi connectivity index (χ1n) is 8.75. The Bertz CT molecular complexity index is 861. The number of para-hydroxylation sites is 1. The van der Waals surface area contributed by atoms with Crippen molar-refractivity contribution < 1.29 is 9.47 Å². The van der Waals surface area contributed by atoms with E-state index in [2.05, 4.69) is 26.9 Å². The first-order chi connectivity index (χ1) is 12.8. The van der Waals surface area contributed by atoms with E-state index in [0.717, 1.165) is 53.2 Å². The number of rotatable bonds is 6. The Morgan fingerprint density at radius 3 is 2.81 bits per heavy atom. The lowest BCUT2D eigenvalue weighted by molar-refractivity contribution is 0.129. The molecule has 0 spiro atoms.